The second-order valence-electron chi connectivity index (χ2n) is 8.83. The van der Waals surface area contributed by atoms with Gasteiger partial charge in [0.05, 0.1) is 24.3 Å². The highest BCUT2D eigenvalue weighted by Gasteiger charge is 2.27. The Kier molecular flexibility index (Phi) is 8.78. The van der Waals surface area contributed by atoms with Gasteiger partial charge in [-0.15, -0.1) is 0 Å². The molecular weight excluding hydrogens is 482 g/mol. The number of nitrogens with zero attached hydrogens (tertiary/aromatic N) is 2. The van der Waals surface area contributed by atoms with Gasteiger partial charge in [0.15, 0.2) is 11.4 Å². The van der Waals surface area contributed by atoms with Crippen molar-refractivity contribution in [2.24, 2.45) is 0 Å². The molecule has 0 aliphatic heterocycles. The largest absolute Gasteiger partial charge is 0.497 e. The van der Waals surface area contributed by atoms with Crippen molar-refractivity contribution in [2.75, 3.05) is 33.3 Å². The lowest BCUT2D eigenvalue weighted by Crippen LogP contribution is -2.40. The molecule has 1 aromatic heterocycles. The highest BCUT2D eigenvalue weighted by atomic mass is 16.5. The van der Waals surface area contributed by atoms with Crippen LogP contribution in [0.5, 0.6) is 11.5 Å². The topological polar surface area (TPSA) is 93.0 Å². The molecule has 0 fully saturated rings. The average Bonchev–Trinajstić information content (AvgIpc) is 3.29. The maximum atomic E-state index is 13.7. The summed E-state index contributed by atoms with van der Waals surface area (Å²) in [5, 5.41) is 14.0. The van der Waals surface area contributed by atoms with E-state index in [9.17, 15) is 14.7 Å². The van der Waals surface area contributed by atoms with Crippen LogP contribution in [0.15, 0.2) is 78.9 Å². The molecule has 0 saturated carbocycles. The number of ether oxygens (including phenoxy) is 2. The van der Waals surface area contributed by atoms with Crippen molar-refractivity contribution >= 4 is 22.8 Å². The molecule has 38 heavy (non-hydrogen) atoms. The van der Waals surface area contributed by atoms with E-state index in [2.05, 4.69) is 10.2 Å². The van der Waals surface area contributed by atoms with E-state index >= 15 is 0 Å². The Morgan fingerprint density at radius 2 is 1.61 bits per heavy atom. The molecule has 0 spiro atoms. The minimum absolute atomic E-state index is 0.0472. The summed E-state index contributed by atoms with van der Waals surface area (Å²) in [6.45, 7) is 6.13. The molecule has 0 radical (unpaired) electrons. The van der Waals surface area contributed by atoms with E-state index in [1.54, 1.807) is 48.1 Å². The summed E-state index contributed by atoms with van der Waals surface area (Å²) in [7, 11) is 1.59. The van der Waals surface area contributed by atoms with Gasteiger partial charge < -0.3 is 29.4 Å². The Bertz CT molecular complexity index is 1380. The summed E-state index contributed by atoms with van der Waals surface area (Å²) in [5.41, 5.74) is 1.92. The maximum Gasteiger partial charge on any atom is 0.343 e. The van der Waals surface area contributed by atoms with Crippen molar-refractivity contribution in [2.45, 2.75) is 20.0 Å². The molecule has 2 N–H and O–H groups in total. The molecule has 3 aromatic carbocycles. The van der Waals surface area contributed by atoms with Gasteiger partial charge in [-0.2, -0.15) is 0 Å². The van der Waals surface area contributed by atoms with Crippen LogP contribution in [0, 0.1) is 0 Å². The van der Waals surface area contributed by atoms with Crippen molar-refractivity contribution in [3.63, 3.8) is 0 Å². The Balaban J connectivity index is 1.77. The standard InChI is InChI=1S/C30H33N3O5/c1-4-32(5-2)20-23(34)19-31-29(35)27-28(38-30(36)21-11-7-6-8-12-21)25-13-9-10-14-26(25)33(27)22-15-17-24(37-3)18-16-22/h6-18,23,34H,4-5,19-20H2,1-3H3,(H,31,35). The van der Waals surface area contributed by atoms with Gasteiger partial charge in [-0.05, 0) is 61.6 Å². The number of hydrogen-bond acceptors (Lipinski definition) is 6. The van der Waals surface area contributed by atoms with Gasteiger partial charge in [0.2, 0.25) is 0 Å². The molecule has 0 aliphatic carbocycles. The quantitative estimate of drug-likeness (QED) is 0.290. The molecule has 1 heterocycles. The number of para-hydroxylation sites is 1. The summed E-state index contributed by atoms with van der Waals surface area (Å²) in [4.78, 5) is 28.9. The summed E-state index contributed by atoms with van der Waals surface area (Å²) >= 11 is 0. The van der Waals surface area contributed by atoms with Crippen LogP contribution in [0.25, 0.3) is 16.6 Å². The van der Waals surface area contributed by atoms with Gasteiger partial charge in [0.25, 0.3) is 5.91 Å². The number of hydrogen-bond donors (Lipinski definition) is 2. The molecule has 8 nitrogen and oxygen atoms in total. The minimum Gasteiger partial charge on any atom is -0.497 e. The predicted octanol–water partition coefficient (Wildman–Crippen LogP) is 4.29. The highest BCUT2D eigenvalue weighted by Crippen LogP contribution is 2.36. The van der Waals surface area contributed by atoms with Crippen molar-refractivity contribution < 1.29 is 24.2 Å². The number of amides is 1. The molecule has 0 saturated heterocycles. The molecular formula is C30H33N3O5. The monoisotopic (exact) mass is 515 g/mol. The van der Waals surface area contributed by atoms with Gasteiger partial charge in [0.1, 0.15) is 5.75 Å². The highest BCUT2D eigenvalue weighted by molar-refractivity contribution is 6.07. The summed E-state index contributed by atoms with van der Waals surface area (Å²) in [5.74, 6) is -0.210. The van der Waals surface area contributed by atoms with Crippen LogP contribution in [0.1, 0.15) is 34.7 Å². The van der Waals surface area contributed by atoms with Crippen LogP contribution in [-0.2, 0) is 0 Å². The van der Waals surface area contributed by atoms with Crippen LogP contribution < -0.4 is 14.8 Å². The average molecular weight is 516 g/mol. The molecule has 1 atom stereocenters. The van der Waals surface area contributed by atoms with Crippen LogP contribution in [0.3, 0.4) is 0 Å². The molecule has 198 valence electrons. The normalized spacial score (nSPS) is 11.9. The number of carbonyl (C=O) groups excluding carboxylic acids is 2. The van der Waals surface area contributed by atoms with Gasteiger partial charge >= 0.3 is 5.97 Å². The van der Waals surface area contributed by atoms with E-state index in [0.717, 1.165) is 13.1 Å². The molecule has 0 bridgehead atoms. The van der Waals surface area contributed by atoms with Crippen LogP contribution in [0.2, 0.25) is 0 Å². The van der Waals surface area contributed by atoms with Gasteiger partial charge in [-0.3, -0.25) is 4.79 Å². The van der Waals surface area contributed by atoms with E-state index in [1.807, 2.05) is 56.3 Å². The third kappa shape index (κ3) is 5.88. The lowest BCUT2D eigenvalue weighted by Gasteiger charge is -2.22. The Labute approximate surface area is 222 Å². The van der Waals surface area contributed by atoms with Gasteiger partial charge in [-0.1, -0.05) is 44.2 Å². The van der Waals surface area contributed by atoms with E-state index < -0.39 is 18.0 Å². The first kappa shape index (κ1) is 26.9. The lowest BCUT2D eigenvalue weighted by molar-refractivity contribution is 0.0732. The number of benzene rings is 3. The number of aliphatic hydroxyl groups excluding tert-OH is 1. The first-order valence-corrected chi connectivity index (χ1v) is 12.7. The number of methoxy groups -OCH3 is 1. The molecule has 4 rings (SSSR count). The van der Waals surface area contributed by atoms with Crippen molar-refractivity contribution in [1.82, 2.24) is 14.8 Å². The van der Waals surface area contributed by atoms with E-state index in [1.165, 1.54) is 0 Å². The van der Waals surface area contributed by atoms with Crippen LogP contribution >= 0.6 is 0 Å². The number of fused-ring (bicyclic) bond motifs is 1. The Morgan fingerprint density at radius 3 is 2.26 bits per heavy atom. The zero-order valence-corrected chi connectivity index (χ0v) is 21.9. The first-order chi connectivity index (χ1) is 18.5. The Hall–Kier alpha value is -4.14. The minimum atomic E-state index is -0.756. The SMILES string of the molecule is CCN(CC)CC(O)CNC(=O)c1c(OC(=O)c2ccccc2)c2ccccc2n1-c1ccc(OC)cc1. The number of nitrogens with one attached hydrogen (secondary N) is 1. The van der Waals surface area contributed by atoms with Crippen LogP contribution in [0.4, 0.5) is 0 Å². The fourth-order valence-corrected chi connectivity index (χ4v) is 4.38. The van der Waals surface area contributed by atoms with E-state index in [0.29, 0.717) is 34.4 Å². The smallest absolute Gasteiger partial charge is 0.343 e. The van der Waals surface area contributed by atoms with Crippen molar-refractivity contribution in [3.05, 3.63) is 90.1 Å². The second kappa shape index (κ2) is 12.4. The molecule has 0 aliphatic rings. The van der Waals surface area contributed by atoms with E-state index in [4.69, 9.17) is 9.47 Å². The van der Waals surface area contributed by atoms with Crippen molar-refractivity contribution in [1.29, 1.82) is 0 Å². The third-order valence-electron chi connectivity index (χ3n) is 6.44. The summed E-state index contributed by atoms with van der Waals surface area (Å²) in [6, 6.07) is 23.3. The fourth-order valence-electron chi connectivity index (χ4n) is 4.38. The fraction of sp³-hybridized carbons (Fsp3) is 0.267. The lowest BCUT2D eigenvalue weighted by atomic mass is 10.2. The number of esters is 1. The predicted molar refractivity (Wildman–Crippen MR) is 147 cm³/mol. The first-order valence-electron chi connectivity index (χ1n) is 12.7. The molecule has 1 unspecified atom stereocenters. The second-order valence-corrected chi connectivity index (χ2v) is 8.83. The van der Waals surface area contributed by atoms with Gasteiger partial charge in [0, 0.05) is 24.2 Å². The van der Waals surface area contributed by atoms with Crippen molar-refractivity contribution in [3.8, 4) is 17.2 Å². The molecule has 4 aromatic rings. The van der Waals surface area contributed by atoms with Crippen LogP contribution in [-0.4, -0.2) is 65.8 Å². The number of carbonyl (C=O) groups is 2. The zero-order valence-electron chi connectivity index (χ0n) is 21.9. The summed E-state index contributed by atoms with van der Waals surface area (Å²) in [6.07, 6.45) is -0.756. The Morgan fingerprint density at radius 1 is 0.947 bits per heavy atom. The third-order valence-corrected chi connectivity index (χ3v) is 6.44. The molecule has 8 heteroatoms. The zero-order chi connectivity index (χ0) is 27.1. The summed E-state index contributed by atoms with van der Waals surface area (Å²) < 4.78 is 13.0. The maximum absolute atomic E-state index is 13.7. The number of likely N-dealkylation sites (N-methyl/N-ethyl adjacent to an activating group) is 1. The number of aromatic nitrogens is 1. The van der Waals surface area contributed by atoms with Gasteiger partial charge in [-0.25, -0.2) is 4.79 Å². The van der Waals surface area contributed by atoms with E-state index in [-0.39, 0.29) is 18.0 Å². The number of rotatable bonds is 11. The number of aliphatic hydroxyl groups is 1. The molecule has 1 amide bonds.